The Labute approximate surface area is 261 Å². The Morgan fingerprint density at radius 2 is 2.11 bits per heavy atom. The zero-order chi connectivity index (χ0) is 30.8. The maximum absolute atomic E-state index is 14.3. The van der Waals surface area contributed by atoms with Crippen LogP contribution in [0.25, 0.3) is 10.8 Å². The van der Waals surface area contributed by atoms with Gasteiger partial charge in [-0.2, -0.15) is 15.2 Å². The summed E-state index contributed by atoms with van der Waals surface area (Å²) in [4.78, 5) is 34.8. The number of halogens is 2. The van der Waals surface area contributed by atoms with E-state index in [1.165, 1.54) is 6.08 Å². The number of nitriles is 1. The number of benzene rings is 1. The van der Waals surface area contributed by atoms with Gasteiger partial charge in [0.1, 0.15) is 18.1 Å². The summed E-state index contributed by atoms with van der Waals surface area (Å²) in [7, 11) is 1.89. The predicted molar refractivity (Wildman–Crippen MR) is 168 cm³/mol. The van der Waals surface area contributed by atoms with Crippen molar-refractivity contribution in [3.63, 3.8) is 0 Å². The van der Waals surface area contributed by atoms with Crippen molar-refractivity contribution in [3.8, 4) is 12.1 Å². The molecule has 1 atom stereocenters. The van der Waals surface area contributed by atoms with Crippen LogP contribution in [0.15, 0.2) is 43.2 Å². The molecule has 0 N–H and O–H groups in total. The van der Waals surface area contributed by atoms with E-state index in [4.69, 9.17) is 26.3 Å². The van der Waals surface area contributed by atoms with Gasteiger partial charge < -0.3 is 19.4 Å². The first kappa shape index (κ1) is 30.0. The topological polar surface area (TPSA) is 102 Å². The Hall–Kier alpha value is -4.01. The quantitative estimate of drug-likeness (QED) is 0.310. The molecule has 1 aliphatic carbocycles. The summed E-state index contributed by atoms with van der Waals surface area (Å²) in [5.74, 6) is 0.587. The van der Waals surface area contributed by atoms with Crippen molar-refractivity contribution in [1.29, 1.82) is 5.26 Å². The van der Waals surface area contributed by atoms with E-state index in [1.54, 1.807) is 4.90 Å². The van der Waals surface area contributed by atoms with Crippen molar-refractivity contribution < 1.29 is 13.9 Å². The average molecular weight is 619 g/mol. The molecule has 230 valence electrons. The molecule has 6 rings (SSSR count). The lowest BCUT2D eigenvalue weighted by Crippen LogP contribution is -2.55. The van der Waals surface area contributed by atoms with Gasteiger partial charge in [-0.25, -0.2) is 4.39 Å². The van der Waals surface area contributed by atoms with Gasteiger partial charge in [0, 0.05) is 61.8 Å². The molecule has 44 heavy (non-hydrogen) atoms. The third-order valence-corrected chi connectivity index (χ3v) is 9.01. The van der Waals surface area contributed by atoms with Gasteiger partial charge in [-0.3, -0.25) is 14.7 Å². The minimum absolute atomic E-state index is 0.179. The Bertz CT molecular complexity index is 1600. The van der Waals surface area contributed by atoms with Gasteiger partial charge in [-0.15, -0.1) is 0 Å². The highest BCUT2D eigenvalue weighted by Gasteiger charge is 2.43. The van der Waals surface area contributed by atoms with Crippen LogP contribution in [0, 0.1) is 11.3 Å². The number of amides is 1. The first-order valence-electron chi connectivity index (χ1n) is 15.0. The number of hydrogen-bond acceptors (Lipinski definition) is 9. The maximum Gasteiger partial charge on any atom is 0.318 e. The lowest BCUT2D eigenvalue weighted by atomic mass is 10.0. The van der Waals surface area contributed by atoms with E-state index < -0.39 is 5.67 Å². The molecule has 3 aromatic rings. The fraction of sp³-hybridized carbons (Fsp3) is 0.469. The fourth-order valence-electron chi connectivity index (χ4n) is 6.22. The summed E-state index contributed by atoms with van der Waals surface area (Å²) in [5, 5.41) is 12.1. The molecule has 0 bridgehead atoms. The second-order valence-corrected chi connectivity index (χ2v) is 12.3. The molecule has 10 nitrogen and oxygen atoms in total. The van der Waals surface area contributed by atoms with Crippen LogP contribution in [-0.4, -0.2) is 95.3 Å². The molecule has 0 unspecified atom stereocenters. The van der Waals surface area contributed by atoms with Crippen LogP contribution in [0.5, 0.6) is 6.01 Å². The van der Waals surface area contributed by atoms with Crippen LogP contribution in [-0.2, 0) is 17.8 Å². The summed E-state index contributed by atoms with van der Waals surface area (Å²) in [5.41, 5.74) is 1.74. The normalized spacial score (nSPS) is 19.1. The van der Waals surface area contributed by atoms with Gasteiger partial charge in [0.15, 0.2) is 0 Å². The van der Waals surface area contributed by atoms with Crippen molar-refractivity contribution in [2.24, 2.45) is 0 Å². The molecule has 12 heteroatoms. The van der Waals surface area contributed by atoms with Crippen molar-refractivity contribution in [1.82, 2.24) is 24.8 Å². The van der Waals surface area contributed by atoms with Gasteiger partial charge in [-0.05, 0) is 38.5 Å². The highest BCUT2D eigenvalue weighted by molar-refractivity contribution is 6.36. The van der Waals surface area contributed by atoms with Crippen LogP contribution in [0.2, 0.25) is 5.02 Å². The molecule has 1 aromatic carbocycles. The van der Waals surface area contributed by atoms with Gasteiger partial charge >= 0.3 is 6.01 Å². The lowest BCUT2D eigenvalue weighted by molar-refractivity contribution is -0.128. The summed E-state index contributed by atoms with van der Waals surface area (Å²) in [6, 6.07) is 8.00. The van der Waals surface area contributed by atoms with Gasteiger partial charge in [-0.1, -0.05) is 30.3 Å². The number of anilines is 2. The lowest BCUT2D eigenvalue weighted by Gasteiger charge is -2.42. The van der Waals surface area contributed by atoms with Crippen LogP contribution >= 0.6 is 11.6 Å². The first-order valence-corrected chi connectivity index (χ1v) is 15.4. The molecule has 1 saturated carbocycles. The number of piperazine rings is 1. The van der Waals surface area contributed by atoms with E-state index in [0.29, 0.717) is 76.7 Å². The molecular formula is C32H36ClFN8O2. The zero-order valence-electron chi connectivity index (χ0n) is 24.9. The Morgan fingerprint density at radius 3 is 2.89 bits per heavy atom. The Balaban J connectivity index is 1.29. The van der Waals surface area contributed by atoms with Crippen molar-refractivity contribution in [2.45, 2.75) is 43.9 Å². The maximum atomic E-state index is 14.3. The minimum Gasteiger partial charge on any atom is -0.462 e. The average Bonchev–Trinajstić information content (AvgIpc) is 3.75. The number of ether oxygens (including phenoxy) is 1. The monoisotopic (exact) mass is 618 g/mol. The van der Waals surface area contributed by atoms with Gasteiger partial charge in [0.2, 0.25) is 5.91 Å². The second kappa shape index (κ2) is 12.5. The molecule has 2 aliphatic heterocycles. The van der Waals surface area contributed by atoms with E-state index in [-0.39, 0.29) is 24.4 Å². The highest BCUT2D eigenvalue weighted by atomic mass is 35.5. The summed E-state index contributed by atoms with van der Waals surface area (Å²) in [6.07, 6.45) is 7.07. The molecule has 2 aromatic heterocycles. The van der Waals surface area contributed by atoms with Gasteiger partial charge in [0.05, 0.1) is 47.7 Å². The van der Waals surface area contributed by atoms with E-state index in [0.717, 1.165) is 33.5 Å². The Kier molecular flexibility index (Phi) is 8.56. The predicted octanol–water partition coefficient (Wildman–Crippen LogP) is 4.17. The fourth-order valence-corrected chi connectivity index (χ4v) is 6.49. The van der Waals surface area contributed by atoms with E-state index in [1.807, 2.05) is 42.5 Å². The number of fused-ring (bicyclic) bond motifs is 2. The summed E-state index contributed by atoms with van der Waals surface area (Å²) < 4.78 is 20.3. The SMILES string of the molecule is C=CC(=O)N1CCN(c2nc(OCCN(C)CC3(F)CC3)nc3c2CCN(c2cncc4cccc(Cl)c24)C3)C[C@@H]1CC#N. The van der Waals surface area contributed by atoms with Crippen molar-refractivity contribution >= 4 is 39.8 Å². The molecular weight excluding hydrogens is 583 g/mol. The number of rotatable bonds is 10. The summed E-state index contributed by atoms with van der Waals surface area (Å²) >= 11 is 6.65. The van der Waals surface area contributed by atoms with Crippen LogP contribution < -0.4 is 14.5 Å². The zero-order valence-corrected chi connectivity index (χ0v) is 25.6. The number of likely N-dealkylation sites (N-methyl/N-ethyl adjacent to an activating group) is 1. The third kappa shape index (κ3) is 6.28. The molecule has 4 heterocycles. The van der Waals surface area contributed by atoms with Crippen LogP contribution in [0.4, 0.5) is 15.9 Å². The van der Waals surface area contributed by atoms with Crippen molar-refractivity contribution in [2.75, 3.05) is 62.7 Å². The van der Waals surface area contributed by atoms with E-state index in [9.17, 15) is 14.4 Å². The van der Waals surface area contributed by atoms with Crippen LogP contribution in [0.1, 0.15) is 30.5 Å². The number of alkyl halides is 1. The molecule has 2 fully saturated rings. The minimum atomic E-state index is -1.07. The number of nitrogens with zero attached hydrogens (tertiary/aromatic N) is 8. The summed E-state index contributed by atoms with van der Waals surface area (Å²) in [6.45, 7) is 7.56. The highest BCUT2D eigenvalue weighted by Crippen LogP contribution is 2.40. The number of aromatic nitrogens is 3. The standard InChI is InChI=1S/C32H36ClFN8O2/c1-3-28(43)42-14-13-41(19-23(42)7-11-35)30-24-8-12-40(27-18-36-17-22-5-4-6-25(33)29(22)27)20-26(24)37-31(38-30)44-16-15-39(2)21-32(34)9-10-32/h3-6,17-18,23H,1,7-10,12-16,19-21H2,2H3/t23-/m0/s1. The number of carbonyl (C=O) groups is 1. The number of hydrogen-bond donors (Lipinski definition) is 0. The number of carbonyl (C=O) groups excluding carboxylic acids is 1. The number of pyridine rings is 1. The smallest absolute Gasteiger partial charge is 0.318 e. The van der Waals surface area contributed by atoms with Crippen molar-refractivity contribution in [3.05, 3.63) is 59.5 Å². The van der Waals surface area contributed by atoms with E-state index in [2.05, 4.69) is 27.4 Å². The van der Waals surface area contributed by atoms with Crippen LogP contribution in [0.3, 0.4) is 0 Å². The molecule has 0 spiro atoms. The molecule has 0 radical (unpaired) electrons. The molecule has 1 saturated heterocycles. The second-order valence-electron chi connectivity index (χ2n) is 11.9. The molecule has 3 aliphatic rings. The largest absolute Gasteiger partial charge is 0.462 e. The molecule has 1 amide bonds. The first-order chi connectivity index (χ1) is 21.3. The Morgan fingerprint density at radius 1 is 1.27 bits per heavy atom. The van der Waals surface area contributed by atoms with E-state index >= 15 is 0 Å². The third-order valence-electron chi connectivity index (χ3n) is 8.69. The van der Waals surface area contributed by atoms with Gasteiger partial charge in [0.25, 0.3) is 0 Å².